The highest BCUT2D eigenvalue weighted by atomic mass is 19.1. The predicted octanol–water partition coefficient (Wildman–Crippen LogP) is 4.63. The fourth-order valence-corrected chi connectivity index (χ4v) is 1.83. The molecular weight excluding hydrogens is 213 g/mol. The van der Waals surface area contributed by atoms with Crippen LogP contribution in [0.1, 0.15) is 41.5 Å². The summed E-state index contributed by atoms with van der Waals surface area (Å²) < 4.78 is 14.7. The van der Waals surface area contributed by atoms with Crippen molar-refractivity contribution in [2.45, 2.75) is 53.4 Å². The maximum absolute atomic E-state index is 14.7. The number of rotatable bonds is 2. The molecule has 1 unspecified atom stereocenters. The second-order valence-corrected chi connectivity index (χ2v) is 6.58. The molecule has 0 bridgehead atoms. The summed E-state index contributed by atoms with van der Waals surface area (Å²) in [6.07, 6.45) is -1.01. The van der Waals surface area contributed by atoms with Gasteiger partial charge >= 0.3 is 0 Å². The van der Waals surface area contributed by atoms with Crippen LogP contribution in [0.3, 0.4) is 0 Å². The van der Waals surface area contributed by atoms with Gasteiger partial charge in [-0.3, -0.25) is 0 Å². The van der Waals surface area contributed by atoms with Crippen molar-refractivity contribution in [3.63, 3.8) is 0 Å². The fourth-order valence-electron chi connectivity index (χ4n) is 1.83. The lowest BCUT2D eigenvalue weighted by Gasteiger charge is -2.44. The van der Waals surface area contributed by atoms with Crippen molar-refractivity contribution < 1.29 is 4.39 Å². The van der Waals surface area contributed by atoms with Crippen LogP contribution in [0.4, 0.5) is 10.1 Å². The number of hydrogen-bond acceptors (Lipinski definition) is 1. The fraction of sp³-hybridized carbons (Fsp3) is 0.600. The Bertz CT molecular complexity index is 345. The van der Waals surface area contributed by atoms with Crippen LogP contribution in [-0.2, 0) is 0 Å². The second kappa shape index (κ2) is 4.67. The molecule has 0 fully saturated rings. The highest BCUT2D eigenvalue weighted by Gasteiger charge is 2.36. The summed E-state index contributed by atoms with van der Waals surface area (Å²) in [5.41, 5.74) is 0.291. The lowest BCUT2D eigenvalue weighted by Crippen LogP contribution is -2.51. The first-order valence-electron chi connectivity index (χ1n) is 6.12. The SMILES string of the molecule is CC(C)(C)C(F)N(c1ccccc1)C(C)(C)C. The minimum absolute atomic E-state index is 0.242. The Labute approximate surface area is 105 Å². The first kappa shape index (κ1) is 14.0. The van der Waals surface area contributed by atoms with Gasteiger partial charge in [0.15, 0.2) is 6.30 Å². The highest BCUT2D eigenvalue weighted by Crippen LogP contribution is 2.34. The monoisotopic (exact) mass is 237 g/mol. The van der Waals surface area contributed by atoms with E-state index in [0.717, 1.165) is 5.69 Å². The molecule has 0 aromatic heterocycles. The largest absolute Gasteiger partial charge is 0.337 e. The van der Waals surface area contributed by atoms with Crippen molar-refractivity contribution in [1.29, 1.82) is 0 Å². The van der Waals surface area contributed by atoms with Gasteiger partial charge in [-0.2, -0.15) is 0 Å². The molecule has 0 heterocycles. The predicted molar refractivity (Wildman–Crippen MR) is 73.0 cm³/mol. The molecule has 0 amide bonds. The van der Waals surface area contributed by atoms with Crippen molar-refractivity contribution in [3.05, 3.63) is 30.3 Å². The number of hydrogen-bond donors (Lipinski definition) is 0. The molecule has 0 spiro atoms. The number of anilines is 1. The van der Waals surface area contributed by atoms with E-state index in [0.29, 0.717) is 0 Å². The van der Waals surface area contributed by atoms with Gasteiger partial charge in [0.05, 0.1) is 0 Å². The zero-order valence-electron chi connectivity index (χ0n) is 11.8. The van der Waals surface area contributed by atoms with Crippen LogP contribution >= 0.6 is 0 Å². The summed E-state index contributed by atoms with van der Waals surface area (Å²) in [4.78, 5) is 1.85. The molecule has 17 heavy (non-hydrogen) atoms. The molecule has 2 heteroatoms. The molecular formula is C15H24FN. The van der Waals surface area contributed by atoms with E-state index < -0.39 is 11.7 Å². The Hall–Kier alpha value is -1.05. The van der Waals surface area contributed by atoms with E-state index in [1.807, 2.05) is 76.8 Å². The Morgan fingerprint density at radius 1 is 0.941 bits per heavy atom. The van der Waals surface area contributed by atoms with E-state index in [-0.39, 0.29) is 5.54 Å². The Kier molecular flexibility index (Phi) is 3.85. The van der Waals surface area contributed by atoms with Crippen LogP contribution in [0.5, 0.6) is 0 Å². The number of halogens is 1. The maximum Gasteiger partial charge on any atom is 0.177 e. The Morgan fingerprint density at radius 3 is 1.76 bits per heavy atom. The van der Waals surface area contributed by atoms with Gasteiger partial charge in [-0.05, 0) is 32.9 Å². The Morgan fingerprint density at radius 2 is 1.41 bits per heavy atom. The molecule has 0 aliphatic carbocycles. The molecule has 0 aliphatic heterocycles. The molecule has 1 nitrogen and oxygen atoms in total. The van der Waals surface area contributed by atoms with Crippen LogP contribution in [-0.4, -0.2) is 11.8 Å². The van der Waals surface area contributed by atoms with Crippen molar-refractivity contribution in [2.24, 2.45) is 5.41 Å². The molecule has 1 aromatic carbocycles. The average molecular weight is 237 g/mol. The van der Waals surface area contributed by atoms with Crippen LogP contribution in [0.25, 0.3) is 0 Å². The van der Waals surface area contributed by atoms with Crippen LogP contribution in [0.2, 0.25) is 0 Å². The van der Waals surface area contributed by atoms with Gasteiger partial charge < -0.3 is 4.90 Å². The molecule has 0 saturated carbocycles. The van der Waals surface area contributed by atoms with Gasteiger partial charge in [0, 0.05) is 16.6 Å². The lowest BCUT2D eigenvalue weighted by atomic mass is 9.91. The number of alkyl halides is 1. The summed E-state index contributed by atoms with van der Waals surface area (Å²) in [5, 5.41) is 0. The Balaban J connectivity index is 3.15. The van der Waals surface area contributed by atoms with Crippen molar-refractivity contribution >= 4 is 5.69 Å². The molecule has 0 aliphatic rings. The number of benzene rings is 1. The van der Waals surface area contributed by atoms with Crippen LogP contribution in [0, 0.1) is 5.41 Å². The van der Waals surface area contributed by atoms with Gasteiger partial charge in [0.25, 0.3) is 0 Å². The number of para-hydroxylation sites is 1. The van der Waals surface area contributed by atoms with E-state index in [9.17, 15) is 4.39 Å². The number of nitrogens with zero attached hydrogens (tertiary/aromatic N) is 1. The molecule has 96 valence electrons. The zero-order chi connectivity index (χ0) is 13.3. The van der Waals surface area contributed by atoms with E-state index in [1.165, 1.54) is 0 Å². The summed E-state index contributed by atoms with van der Waals surface area (Å²) >= 11 is 0. The molecule has 0 radical (unpaired) electrons. The third kappa shape index (κ3) is 3.45. The molecule has 1 rings (SSSR count). The van der Waals surface area contributed by atoms with E-state index in [4.69, 9.17) is 0 Å². The van der Waals surface area contributed by atoms with Crippen molar-refractivity contribution in [2.75, 3.05) is 4.90 Å². The van der Waals surface area contributed by atoms with Crippen molar-refractivity contribution in [3.8, 4) is 0 Å². The quantitative estimate of drug-likeness (QED) is 0.678. The van der Waals surface area contributed by atoms with E-state index in [1.54, 1.807) is 0 Å². The van der Waals surface area contributed by atoms with Gasteiger partial charge in [-0.1, -0.05) is 39.0 Å². The zero-order valence-corrected chi connectivity index (χ0v) is 11.8. The minimum atomic E-state index is -1.01. The normalized spacial score (nSPS) is 14.5. The van der Waals surface area contributed by atoms with Crippen LogP contribution < -0.4 is 4.90 Å². The molecule has 0 N–H and O–H groups in total. The topological polar surface area (TPSA) is 3.24 Å². The van der Waals surface area contributed by atoms with E-state index in [2.05, 4.69) is 0 Å². The maximum atomic E-state index is 14.7. The van der Waals surface area contributed by atoms with Gasteiger partial charge in [-0.25, -0.2) is 4.39 Å². The first-order chi connectivity index (χ1) is 7.64. The van der Waals surface area contributed by atoms with Gasteiger partial charge in [-0.15, -0.1) is 0 Å². The average Bonchev–Trinajstić information content (AvgIpc) is 2.15. The summed E-state index contributed by atoms with van der Waals surface area (Å²) in [7, 11) is 0. The van der Waals surface area contributed by atoms with E-state index >= 15 is 0 Å². The molecule has 0 saturated heterocycles. The van der Waals surface area contributed by atoms with Crippen LogP contribution in [0.15, 0.2) is 30.3 Å². The first-order valence-corrected chi connectivity index (χ1v) is 6.12. The smallest absolute Gasteiger partial charge is 0.177 e. The molecule has 1 atom stereocenters. The van der Waals surface area contributed by atoms with Crippen molar-refractivity contribution in [1.82, 2.24) is 0 Å². The second-order valence-electron chi connectivity index (χ2n) is 6.58. The standard InChI is InChI=1S/C15H24FN/c1-14(2,3)13(16)17(15(4,5)6)12-10-8-7-9-11-12/h7-11,13H,1-6H3. The lowest BCUT2D eigenvalue weighted by molar-refractivity contribution is 0.134. The summed E-state index contributed by atoms with van der Waals surface area (Å²) in [5.74, 6) is 0. The summed E-state index contributed by atoms with van der Waals surface area (Å²) in [6.45, 7) is 11.9. The minimum Gasteiger partial charge on any atom is -0.337 e. The third-order valence-electron chi connectivity index (χ3n) is 2.70. The van der Waals surface area contributed by atoms with Gasteiger partial charge in [0.1, 0.15) is 0 Å². The van der Waals surface area contributed by atoms with Gasteiger partial charge in [0.2, 0.25) is 0 Å². The third-order valence-corrected chi connectivity index (χ3v) is 2.70. The molecule has 1 aromatic rings. The highest BCUT2D eigenvalue weighted by molar-refractivity contribution is 5.49. The summed E-state index contributed by atoms with van der Waals surface area (Å²) in [6, 6.07) is 9.77.